The average Bonchev–Trinajstić information content (AvgIpc) is 3.96. The molecule has 6 nitrogen and oxygen atoms in total. The van der Waals surface area contributed by atoms with E-state index < -0.39 is 0 Å². The van der Waals surface area contributed by atoms with Crippen molar-refractivity contribution in [3.05, 3.63) is 193 Å². The molecule has 1 aliphatic rings. The van der Waals surface area contributed by atoms with Crippen LogP contribution >= 0.6 is 0 Å². The maximum absolute atomic E-state index is 6.73. The molecule has 0 spiro atoms. The number of anilines is 4. The van der Waals surface area contributed by atoms with Gasteiger partial charge in [0.05, 0.1) is 11.0 Å². The molecular weight excluding hydrogens is 1000 g/mol. The first-order valence-electron chi connectivity index (χ1n) is 22.9. The Balaban J connectivity index is 0.00000525. The summed E-state index contributed by atoms with van der Waals surface area (Å²) in [5, 5.41) is 4.65. The van der Waals surface area contributed by atoms with Crippen LogP contribution in [0.1, 0.15) is 79.0 Å². The largest absolute Gasteiger partial charge is 0.509 e. The maximum atomic E-state index is 6.73. The van der Waals surface area contributed by atoms with Gasteiger partial charge in [0.1, 0.15) is 5.82 Å². The molecule has 0 aliphatic carbocycles. The predicted molar refractivity (Wildman–Crippen MR) is 275 cm³/mol. The van der Waals surface area contributed by atoms with Gasteiger partial charge < -0.3 is 23.7 Å². The molecule has 4 heterocycles. The molecule has 0 saturated carbocycles. The van der Waals surface area contributed by atoms with Crippen LogP contribution in [0.25, 0.3) is 55.1 Å². The van der Waals surface area contributed by atoms with Gasteiger partial charge in [0.15, 0.2) is 0 Å². The normalized spacial score (nSPS) is 13.2. The van der Waals surface area contributed by atoms with E-state index in [-0.39, 0.29) is 37.3 Å². The Morgan fingerprint density at radius 1 is 0.463 bits per heavy atom. The first-order chi connectivity index (χ1) is 31.6. The van der Waals surface area contributed by atoms with Gasteiger partial charge in [-0.3, -0.25) is 0 Å². The van der Waals surface area contributed by atoms with Crippen molar-refractivity contribution in [2.45, 2.75) is 78.6 Å². The van der Waals surface area contributed by atoms with E-state index in [9.17, 15) is 0 Å². The molecule has 0 amide bonds. The van der Waals surface area contributed by atoms with Gasteiger partial charge in [-0.05, 0) is 99.0 Å². The van der Waals surface area contributed by atoms with Crippen LogP contribution in [0.15, 0.2) is 158 Å². The molecule has 0 N–H and O–H groups in total. The Morgan fingerprint density at radius 2 is 1.04 bits per heavy atom. The number of aromatic nitrogens is 3. The Morgan fingerprint density at radius 3 is 1.70 bits per heavy atom. The Labute approximate surface area is 408 Å². The van der Waals surface area contributed by atoms with Crippen LogP contribution in [0.2, 0.25) is 0 Å². The van der Waals surface area contributed by atoms with Crippen molar-refractivity contribution in [2.24, 2.45) is 0 Å². The molecular formula is C60H54N5OPt-3. The number of para-hydroxylation sites is 4. The molecule has 7 aromatic carbocycles. The van der Waals surface area contributed by atoms with Crippen molar-refractivity contribution in [3.63, 3.8) is 0 Å². The third-order valence-corrected chi connectivity index (χ3v) is 13.1. The summed E-state index contributed by atoms with van der Waals surface area (Å²) in [7, 11) is 0. The summed E-state index contributed by atoms with van der Waals surface area (Å²) < 4.78 is 11.3. The number of benzene rings is 7. The minimum Gasteiger partial charge on any atom is -0.509 e. The van der Waals surface area contributed by atoms with E-state index in [1.165, 1.54) is 38.5 Å². The van der Waals surface area contributed by atoms with Gasteiger partial charge in [0.2, 0.25) is 0 Å². The molecule has 0 unspecified atom stereocenters. The van der Waals surface area contributed by atoms with Gasteiger partial charge in [-0.1, -0.05) is 128 Å². The fourth-order valence-corrected chi connectivity index (χ4v) is 9.44. The van der Waals surface area contributed by atoms with Gasteiger partial charge in [-0.25, -0.2) is 4.98 Å². The quantitative estimate of drug-likeness (QED) is 0.156. The molecule has 0 radical (unpaired) electrons. The molecule has 0 atom stereocenters. The maximum Gasteiger partial charge on any atom is 0.135 e. The molecule has 1 aliphatic heterocycles. The molecule has 0 bridgehead atoms. The molecule has 10 aromatic rings. The second-order valence-electron chi connectivity index (χ2n) is 20.8. The van der Waals surface area contributed by atoms with Crippen LogP contribution in [0.5, 0.6) is 11.5 Å². The fourth-order valence-electron chi connectivity index (χ4n) is 9.44. The first-order valence-corrected chi connectivity index (χ1v) is 22.9. The van der Waals surface area contributed by atoms with E-state index in [4.69, 9.17) is 9.72 Å². The van der Waals surface area contributed by atoms with Gasteiger partial charge >= 0.3 is 0 Å². The van der Waals surface area contributed by atoms with E-state index >= 15 is 0 Å². The number of rotatable bonds is 6. The van der Waals surface area contributed by atoms with E-state index in [1.54, 1.807) is 0 Å². The summed E-state index contributed by atoms with van der Waals surface area (Å²) in [4.78, 5) is 9.52. The third-order valence-electron chi connectivity index (χ3n) is 13.1. The topological polar surface area (TPSA) is 38.5 Å². The molecule has 7 heteroatoms. The van der Waals surface area contributed by atoms with Crippen molar-refractivity contribution < 1.29 is 25.8 Å². The molecule has 67 heavy (non-hydrogen) atoms. The van der Waals surface area contributed by atoms with Gasteiger partial charge in [-0.15, -0.1) is 48.1 Å². The fraction of sp³-hybridized carbons (Fsp3) is 0.200. The summed E-state index contributed by atoms with van der Waals surface area (Å²) >= 11 is 0. The van der Waals surface area contributed by atoms with Crippen molar-refractivity contribution in [3.8, 4) is 23.0 Å². The minimum absolute atomic E-state index is 0. The van der Waals surface area contributed by atoms with Crippen molar-refractivity contribution >= 4 is 66.4 Å². The second-order valence-corrected chi connectivity index (χ2v) is 20.8. The molecule has 11 rings (SSSR count). The number of fused-ring (bicyclic) bond motifs is 7. The van der Waals surface area contributed by atoms with Crippen molar-refractivity contribution in [1.82, 2.24) is 14.1 Å². The van der Waals surface area contributed by atoms with E-state index in [0.717, 1.165) is 56.1 Å². The van der Waals surface area contributed by atoms with Gasteiger partial charge in [0.25, 0.3) is 0 Å². The average molecular weight is 1060 g/mol. The SMILES string of the molecule is CC(C)(C)c1cc(N2[CH-]N(c3[c-]c(Oc4[c-]c5c(cc4)c4ccc(-n6c7ccccc7c7ccccc76)cc4n5-c4cc(C(C)(C)C)ccn4)ccc3)c3ccccc32)cc(C(C)(C)C)c1.[Pt]. The zero-order valence-corrected chi connectivity index (χ0v) is 41.8. The number of pyridine rings is 1. The van der Waals surface area contributed by atoms with Crippen LogP contribution in [0.4, 0.5) is 22.7 Å². The first kappa shape index (κ1) is 44.2. The van der Waals surface area contributed by atoms with Crippen LogP contribution in [-0.4, -0.2) is 14.1 Å². The summed E-state index contributed by atoms with van der Waals surface area (Å²) in [5.41, 5.74) is 13.3. The Hall–Kier alpha value is -6.62. The standard InChI is InChI=1S/C60H54N5O.Pt/c1-58(2,3)39-29-30-61-57(34-39)65-55-36-43(64-51-21-12-10-19-47(51)48-20-11-13-22-52(48)64)25-27-49(55)50-28-26-46(37-56(50)65)66-45-18-16-17-42(35-45)62-38-63(54-24-15-14-23-53(54)62)44-32-40(59(4,5)6)31-41(33-44)60(7,8)9;/h10-34,36,38H,1-9H3;/q-3;. The van der Waals surface area contributed by atoms with E-state index in [1.807, 2.05) is 24.4 Å². The smallest absolute Gasteiger partial charge is 0.135 e. The summed E-state index contributed by atoms with van der Waals surface area (Å²) in [6, 6.07) is 61.6. The van der Waals surface area contributed by atoms with Crippen LogP contribution < -0.4 is 14.5 Å². The van der Waals surface area contributed by atoms with Crippen LogP contribution in [-0.2, 0) is 37.3 Å². The number of hydrogen-bond donors (Lipinski definition) is 0. The Kier molecular flexibility index (Phi) is 10.8. The number of nitrogens with zero attached hydrogens (tertiary/aromatic N) is 5. The molecule has 3 aromatic heterocycles. The van der Waals surface area contributed by atoms with E-state index in [2.05, 4.69) is 234 Å². The van der Waals surface area contributed by atoms with Crippen molar-refractivity contribution in [1.29, 1.82) is 0 Å². The third kappa shape index (κ3) is 7.79. The predicted octanol–water partition coefficient (Wildman–Crippen LogP) is 16.0. The van der Waals surface area contributed by atoms with Gasteiger partial charge in [0, 0.05) is 77.8 Å². The summed E-state index contributed by atoms with van der Waals surface area (Å²) in [6.45, 7) is 22.6. The molecule has 0 saturated heterocycles. The zero-order chi connectivity index (χ0) is 45.7. The van der Waals surface area contributed by atoms with E-state index in [0.29, 0.717) is 11.5 Å². The Bertz CT molecular complexity index is 3440. The molecule has 338 valence electrons. The van der Waals surface area contributed by atoms with Gasteiger partial charge in [-0.2, -0.15) is 12.1 Å². The number of hydrogen-bond acceptors (Lipinski definition) is 4. The minimum atomic E-state index is -0.0699. The summed E-state index contributed by atoms with van der Waals surface area (Å²) in [5.74, 6) is 2.02. The van der Waals surface area contributed by atoms with Crippen LogP contribution in [0.3, 0.4) is 0 Å². The summed E-state index contributed by atoms with van der Waals surface area (Å²) in [6.07, 6.45) is 1.92. The second kappa shape index (κ2) is 16.3. The van der Waals surface area contributed by atoms with Crippen molar-refractivity contribution in [2.75, 3.05) is 9.80 Å². The number of ether oxygens (including phenoxy) is 1. The molecule has 0 fully saturated rings. The zero-order valence-electron chi connectivity index (χ0n) is 39.5. The monoisotopic (exact) mass is 1060 g/mol. The van der Waals surface area contributed by atoms with Crippen LogP contribution in [0, 0.1) is 18.8 Å².